The van der Waals surface area contributed by atoms with E-state index in [1.165, 1.54) is 0 Å². The normalized spacial score (nSPS) is 12.7. The molecule has 0 bridgehead atoms. The molecule has 3 N–H and O–H groups in total. The standard InChI is InChI=1S/C12H18Cl2N2O/c1-2-17-8-4-7-11(16-15)9-5-3-6-10(13)12(9)14/h3,5-6,11,16H,2,4,7-8,15H2,1H3. The molecule has 0 aliphatic heterocycles. The third-order valence-corrected chi connectivity index (χ3v) is 3.38. The van der Waals surface area contributed by atoms with Gasteiger partial charge in [0.05, 0.1) is 10.0 Å². The molecule has 0 amide bonds. The SMILES string of the molecule is CCOCCCC(NN)c1cccc(Cl)c1Cl. The van der Waals surface area contributed by atoms with Crippen LogP contribution in [0.25, 0.3) is 0 Å². The van der Waals surface area contributed by atoms with E-state index < -0.39 is 0 Å². The van der Waals surface area contributed by atoms with Gasteiger partial charge in [0, 0.05) is 19.3 Å². The lowest BCUT2D eigenvalue weighted by Gasteiger charge is -2.18. The molecule has 1 aromatic carbocycles. The predicted octanol–water partition coefficient (Wildman–Crippen LogP) is 3.31. The molecular weight excluding hydrogens is 259 g/mol. The van der Waals surface area contributed by atoms with Gasteiger partial charge in [-0.05, 0) is 31.4 Å². The lowest BCUT2D eigenvalue weighted by Crippen LogP contribution is -2.28. The molecule has 0 fully saturated rings. The van der Waals surface area contributed by atoms with Gasteiger partial charge in [-0.2, -0.15) is 0 Å². The number of hydrogen-bond acceptors (Lipinski definition) is 3. The first kappa shape index (κ1) is 14.7. The Balaban J connectivity index is 2.63. The van der Waals surface area contributed by atoms with E-state index in [9.17, 15) is 0 Å². The van der Waals surface area contributed by atoms with Crippen molar-refractivity contribution in [2.45, 2.75) is 25.8 Å². The van der Waals surface area contributed by atoms with E-state index in [0.717, 1.165) is 31.6 Å². The van der Waals surface area contributed by atoms with Crippen LogP contribution < -0.4 is 11.3 Å². The van der Waals surface area contributed by atoms with E-state index in [2.05, 4.69) is 5.43 Å². The van der Waals surface area contributed by atoms with Gasteiger partial charge in [-0.25, -0.2) is 0 Å². The molecule has 96 valence electrons. The topological polar surface area (TPSA) is 47.3 Å². The quantitative estimate of drug-likeness (QED) is 0.456. The maximum Gasteiger partial charge on any atom is 0.0640 e. The fourth-order valence-electron chi connectivity index (χ4n) is 1.65. The van der Waals surface area contributed by atoms with Crippen LogP contribution in [-0.2, 0) is 4.74 Å². The molecule has 0 aromatic heterocycles. The molecule has 3 nitrogen and oxygen atoms in total. The third-order valence-electron chi connectivity index (χ3n) is 2.54. The number of rotatable bonds is 7. The number of nitrogens with one attached hydrogen (secondary N) is 1. The van der Waals surface area contributed by atoms with Gasteiger partial charge < -0.3 is 4.74 Å². The highest BCUT2D eigenvalue weighted by Gasteiger charge is 2.14. The zero-order chi connectivity index (χ0) is 12.7. The summed E-state index contributed by atoms with van der Waals surface area (Å²) in [5.41, 5.74) is 3.69. The predicted molar refractivity (Wildman–Crippen MR) is 72.3 cm³/mol. The first-order chi connectivity index (χ1) is 8.20. The van der Waals surface area contributed by atoms with Crippen LogP contribution in [0.5, 0.6) is 0 Å². The Morgan fingerprint density at radius 2 is 2.18 bits per heavy atom. The molecule has 0 heterocycles. The van der Waals surface area contributed by atoms with Crippen LogP contribution >= 0.6 is 23.2 Å². The minimum atomic E-state index is 0.00153. The summed E-state index contributed by atoms with van der Waals surface area (Å²) in [5.74, 6) is 5.55. The van der Waals surface area contributed by atoms with Crippen LogP contribution in [0.4, 0.5) is 0 Å². The third kappa shape index (κ3) is 4.45. The highest BCUT2D eigenvalue weighted by molar-refractivity contribution is 6.42. The van der Waals surface area contributed by atoms with Gasteiger partial charge >= 0.3 is 0 Å². The smallest absolute Gasteiger partial charge is 0.0640 e. The average molecular weight is 277 g/mol. The number of nitrogens with two attached hydrogens (primary N) is 1. The summed E-state index contributed by atoms with van der Waals surface area (Å²) in [6.45, 7) is 3.44. The van der Waals surface area contributed by atoms with Gasteiger partial charge in [-0.3, -0.25) is 11.3 Å². The van der Waals surface area contributed by atoms with Gasteiger partial charge in [0.1, 0.15) is 0 Å². The molecule has 5 heteroatoms. The molecule has 0 spiro atoms. The van der Waals surface area contributed by atoms with Gasteiger partial charge in [0.25, 0.3) is 0 Å². The second-order valence-corrected chi connectivity index (χ2v) is 4.49. The Bertz CT molecular complexity index is 347. The Kier molecular flexibility index (Phi) is 6.85. The van der Waals surface area contributed by atoms with Crippen molar-refractivity contribution in [2.75, 3.05) is 13.2 Å². The van der Waals surface area contributed by atoms with Crippen LogP contribution in [0.3, 0.4) is 0 Å². The molecule has 0 saturated carbocycles. The van der Waals surface area contributed by atoms with Crippen molar-refractivity contribution in [3.05, 3.63) is 33.8 Å². The molecule has 1 aromatic rings. The summed E-state index contributed by atoms with van der Waals surface area (Å²) >= 11 is 12.1. The van der Waals surface area contributed by atoms with Crippen LogP contribution in [-0.4, -0.2) is 13.2 Å². The maximum atomic E-state index is 6.15. The van der Waals surface area contributed by atoms with Crippen molar-refractivity contribution in [1.29, 1.82) is 0 Å². The maximum absolute atomic E-state index is 6.15. The largest absolute Gasteiger partial charge is 0.382 e. The van der Waals surface area contributed by atoms with Gasteiger partial charge in [0.15, 0.2) is 0 Å². The van der Waals surface area contributed by atoms with Gasteiger partial charge in [0.2, 0.25) is 0 Å². The summed E-state index contributed by atoms with van der Waals surface area (Å²) in [6.07, 6.45) is 1.78. The van der Waals surface area contributed by atoms with Crippen molar-refractivity contribution >= 4 is 23.2 Å². The zero-order valence-corrected chi connectivity index (χ0v) is 11.4. The summed E-state index contributed by atoms with van der Waals surface area (Å²) < 4.78 is 5.29. The van der Waals surface area contributed by atoms with Crippen LogP contribution in [0, 0.1) is 0 Å². The molecule has 1 atom stereocenters. The highest BCUT2D eigenvalue weighted by Crippen LogP contribution is 2.31. The van der Waals surface area contributed by atoms with Crippen molar-refractivity contribution in [3.63, 3.8) is 0 Å². The molecule has 0 saturated heterocycles. The van der Waals surface area contributed by atoms with E-state index in [4.69, 9.17) is 33.8 Å². The van der Waals surface area contributed by atoms with Crippen molar-refractivity contribution in [3.8, 4) is 0 Å². The second kappa shape index (κ2) is 7.90. The molecule has 1 rings (SSSR count). The van der Waals surface area contributed by atoms with Gasteiger partial charge in [-0.1, -0.05) is 35.3 Å². The fraction of sp³-hybridized carbons (Fsp3) is 0.500. The first-order valence-corrected chi connectivity index (χ1v) is 6.44. The lowest BCUT2D eigenvalue weighted by molar-refractivity contribution is 0.141. The van der Waals surface area contributed by atoms with Crippen LogP contribution in [0.1, 0.15) is 31.4 Å². The molecule has 0 radical (unpaired) electrons. The van der Waals surface area contributed by atoms with E-state index in [1.807, 2.05) is 19.1 Å². The highest BCUT2D eigenvalue weighted by atomic mass is 35.5. The zero-order valence-electron chi connectivity index (χ0n) is 9.88. The van der Waals surface area contributed by atoms with Gasteiger partial charge in [-0.15, -0.1) is 0 Å². The number of hydrogen-bond donors (Lipinski definition) is 2. The summed E-state index contributed by atoms with van der Waals surface area (Å²) in [7, 11) is 0. The van der Waals surface area contributed by atoms with E-state index in [1.54, 1.807) is 6.07 Å². The number of hydrazine groups is 1. The van der Waals surface area contributed by atoms with Crippen molar-refractivity contribution in [2.24, 2.45) is 5.84 Å². The van der Waals surface area contributed by atoms with Crippen molar-refractivity contribution < 1.29 is 4.74 Å². The van der Waals surface area contributed by atoms with E-state index in [-0.39, 0.29) is 6.04 Å². The summed E-state index contributed by atoms with van der Waals surface area (Å²) in [6, 6.07) is 5.57. The molecule has 1 unspecified atom stereocenters. The Morgan fingerprint density at radius 3 is 2.82 bits per heavy atom. The van der Waals surface area contributed by atoms with Crippen molar-refractivity contribution in [1.82, 2.24) is 5.43 Å². The average Bonchev–Trinajstić information content (AvgIpc) is 2.34. The Labute approximate surface area is 112 Å². The minimum absolute atomic E-state index is 0.00153. The lowest BCUT2D eigenvalue weighted by atomic mass is 10.0. The molecule has 17 heavy (non-hydrogen) atoms. The minimum Gasteiger partial charge on any atom is -0.382 e. The van der Waals surface area contributed by atoms with E-state index in [0.29, 0.717) is 10.0 Å². The summed E-state index contributed by atoms with van der Waals surface area (Å²) in [5, 5.41) is 1.11. The van der Waals surface area contributed by atoms with Crippen LogP contribution in [0.15, 0.2) is 18.2 Å². The number of halogens is 2. The molecular formula is C12H18Cl2N2O. The number of ether oxygens (including phenoxy) is 1. The molecule has 0 aliphatic carbocycles. The fourth-order valence-corrected chi connectivity index (χ4v) is 2.09. The molecule has 0 aliphatic rings. The van der Waals surface area contributed by atoms with E-state index >= 15 is 0 Å². The second-order valence-electron chi connectivity index (χ2n) is 3.70. The van der Waals surface area contributed by atoms with Crippen LogP contribution in [0.2, 0.25) is 10.0 Å². The monoisotopic (exact) mass is 276 g/mol. The first-order valence-electron chi connectivity index (χ1n) is 5.68. The summed E-state index contributed by atoms with van der Waals surface area (Å²) in [4.78, 5) is 0. The Morgan fingerprint density at radius 1 is 1.41 bits per heavy atom. The Hall–Kier alpha value is -0.320. The number of benzene rings is 1.